The monoisotopic (exact) mass is 265 g/mol. The second kappa shape index (κ2) is 7.39. The topological polar surface area (TPSA) is 30.5 Å². The second-order valence-corrected chi connectivity index (χ2v) is 5.44. The lowest BCUT2D eigenvalue weighted by Gasteiger charge is -2.24. The van der Waals surface area contributed by atoms with Crippen LogP contribution < -0.4 is 14.8 Å². The molecule has 1 rings (SSSR count). The number of benzene rings is 1. The van der Waals surface area contributed by atoms with Crippen LogP contribution in [0.1, 0.15) is 39.2 Å². The van der Waals surface area contributed by atoms with Crippen LogP contribution in [-0.4, -0.2) is 26.8 Å². The van der Waals surface area contributed by atoms with Gasteiger partial charge in [-0.15, -0.1) is 0 Å². The van der Waals surface area contributed by atoms with Crippen LogP contribution in [0.2, 0.25) is 0 Å². The molecule has 3 heteroatoms. The molecule has 0 aliphatic rings. The van der Waals surface area contributed by atoms with E-state index in [9.17, 15) is 0 Å². The van der Waals surface area contributed by atoms with E-state index >= 15 is 0 Å². The Kier molecular flexibility index (Phi) is 6.16. The van der Waals surface area contributed by atoms with Gasteiger partial charge in [-0.2, -0.15) is 0 Å². The Labute approximate surface area is 117 Å². The molecule has 0 spiro atoms. The zero-order chi connectivity index (χ0) is 14.4. The fourth-order valence-electron chi connectivity index (χ4n) is 2.10. The van der Waals surface area contributed by atoms with Crippen molar-refractivity contribution < 1.29 is 9.47 Å². The highest BCUT2D eigenvalue weighted by Crippen LogP contribution is 2.34. The summed E-state index contributed by atoms with van der Waals surface area (Å²) in [5.41, 5.74) is 1.21. The van der Waals surface area contributed by atoms with Gasteiger partial charge in [0, 0.05) is 11.6 Å². The van der Waals surface area contributed by atoms with Gasteiger partial charge < -0.3 is 14.8 Å². The molecule has 0 aliphatic heterocycles. The van der Waals surface area contributed by atoms with Gasteiger partial charge in [-0.1, -0.05) is 27.7 Å². The first kappa shape index (κ1) is 15.8. The Balaban J connectivity index is 2.87. The predicted octanol–water partition coefficient (Wildman–Crippen LogP) is 3.44. The molecular weight excluding hydrogens is 238 g/mol. The van der Waals surface area contributed by atoms with Gasteiger partial charge in [0.2, 0.25) is 0 Å². The number of nitrogens with one attached hydrogen (secondary N) is 1. The average molecular weight is 265 g/mol. The Morgan fingerprint density at radius 2 is 1.74 bits per heavy atom. The third kappa shape index (κ3) is 4.43. The average Bonchev–Trinajstić information content (AvgIpc) is 2.42. The zero-order valence-corrected chi connectivity index (χ0v) is 13.0. The molecule has 19 heavy (non-hydrogen) atoms. The Morgan fingerprint density at radius 3 is 2.26 bits per heavy atom. The first-order chi connectivity index (χ1) is 8.99. The highest BCUT2D eigenvalue weighted by molar-refractivity contribution is 5.42. The fourth-order valence-corrected chi connectivity index (χ4v) is 2.10. The number of rotatable bonds is 7. The maximum absolute atomic E-state index is 5.47. The van der Waals surface area contributed by atoms with Crippen molar-refractivity contribution in [3.63, 3.8) is 0 Å². The maximum Gasteiger partial charge on any atom is 0.122 e. The van der Waals surface area contributed by atoms with Gasteiger partial charge in [-0.05, 0) is 36.6 Å². The summed E-state index contributed by atoms with van der Waals surface area (Å²) in [6, 6.07) is 6.51. The third-order valence-corrected chi connectivity index (χ3v) is 3.63. The van der Waals surface area contributed by atoms with E-state index in [0.717, 1.165) is 18.0 Å². The van der Waals surface area contributed by atoms with Crippen LogP contribution in [0.5, 0.6) is 11.5 Å². The lowest BCUT2D eigenvalue weighted by atomic mass is 9.88. The lowest BCUT2D eigenvalue weighted by molar-refractivity contribution is 0.378. The Bertz CT molecular complexity index is 390. The van der Waals surface area contributed by atoms with Crippen molar-refractivity contribution in [2.75, 3.05) is 20.8 Å². The summed E-state index contributed by atoms with van der Waals surface area (Å²) in [6.07, 6.45) is 0. The normalized spacial score (nSPS) is 14.3. The van der Waals surface area contributed by atoms with E-state index in [0.29, 0.717) is 17.9 Å². The Morgan fingerprint density at radius 1 is 1.05 bits per heavy atom. The second-order valence-electron chi connectivity index (χ2n) is 5.44. The molecule has 2 atom stereocenters. The molecule has 0 heterocycles. The van der Waals surface area contributed by atoms with Crippen molar-refractivity contribution in [1.82, 2.24) is 5.32 Å². The van der Waals surface area contributed by atoms with E-state index in [1.54, 1.807) is 14.2 Å². The molecule has 0 fully saturated rings. The van der Waals surface area contributed by atoms with E-state index in [1.807, 2.05) is 12.1 Å². The molecule has 0 aromatic heterocycles. The molecule has 0 bridgehead atoms. The molecule has 0 radical (unpaired) electrons. The molecule has 2 unspecified atom stereocenters. The molecule has 1 aromatic carbocycles. The standard InChI is InChI=1S/C16H27NO2/c1-11(2)17-10-12(3)13(4)15-9-14(18-5)7-8-16(15)19-6/h7-9,11-13,17H,10H2,1-6H3. The molecule has 0 aliphatic carbocycles. The van der Waals surface area contributed by atoms with Crippen molar-refractivity contribution in [2.24, 2.45) is 5.92 Å². The number of methoxy groups -OCH3 is 2. The van der Waals surface area contributed by atoms with Gasteiger partial charge >= 0.3 is 0 Å². The van der Waals surface area contributed by atoms with Crippen molar-refractivity contribution >= 4 is 0 Å². The van der Waals surface area contributed by atoms with Crippen LogP contribution in [0.4, 0.5) is 0 Å². The largest absolute Gasteiger partial charge is 0.497 e. The summed E-state index contributed by atoms with van der Waals surface area (Å²) in [7, 11) is 3.41. The van der Waals surface area contributed by atoms with E-state index in [1.165, 1.54) is 5.56 Å². The van der Waals surface area contributed by atoms with Gasteiger partial charge in [0.05, 0.1) is 14.2 Å². The predicted molar refractivity (Wildman–Crippen MR) is 80.3 cm³/mol. The van der Waals surface area contributed by atoms with Crippen molar-refractivity contribution in [1.29, 1.82) is 0 Å². The van der Waals surface area contributed by atoms with Crippen LogP contribution >= 0.6 is 0 Å². The SMILES string of the molecule is COc1ccc(OC)c(C(C)C(C)CNC(C)C)c1. The lowest BCUT2D eigenvalue weighted by Crippen LogP contribution is -2.30. The summed E-state index contributed by atoms with van der Waals surface area (Å²) >= 11 is 0. The maximum atomic E-state index is 5.47. The molecule has 1 N–H and O–H groups in total. The summed E-state index contributed by atoms with van der Waals surface area (Å²) in [4.78, 5) is 0. The van der Waals surface area contributed by atoms with Crippen molar-refractivity contribution in [2.45, 2.75) is 39.7 Å². The number of hydrogen-bond donors (Lipinski definition) is 1. The van der Waals surface area contributed by atoms with Crippen molar-refractivity contribution in [3.8, 4) is 11.5 Å². The van der Waals surface area contributed by atoms with E-state index in [4.69, 9.17) is 9.47 Å². The van der Waals surface area contributed by atoms with Gasteiger partial charge in [-0.3, -0.25) is 0 Å². The summed E-state index contributed by atoms with van der Waals surface area (Å²) < 4.78 is 10.8. The Hall–Kier alpha value is -1.22. The highest BCUT2D eigenvalue weighted by atomic mass is 16.5. The summed E-state index contributed by atoms with van der Waals surface area (Å²) in [5.74, 6) is 2.76. The van der Waals surface area contributed by atoms with Crippen LogP contribution in [0.25, 0.3) is 0 Å². The van der Waals surface area contributed by atoms with E-state index < -0.39 is 0 Å². The van der Waals surface area contributed by atoms with E-state index in [-0.39, 0.29) is 0 Å². The van der Waals surface area contributed by atoms with Crippen LogP contribution in [0.15, 0.2) is 18.2 Å². The third-order valence-electron chi connectivity index (χ3n) is 3.63. The van der Waals surface area contributed by atoms with Gasteiger partial charge in [0.1, 0.15) is 11.5 Å². The zero-order valence-electron chi connectivity index (χ0n) is 13.0. The minimum atomic E-state index is 0.413. The first-order valence-electron chi connectivity index (χ1n) is 6.94. The van der Waals surface area contributed by atoms with Crippen LogP contribution in [0.3, 0.4) is 0 Å². The molecule has 0 saturated heterocycles. The molecular formula is C16H27NO2. The quantitative estimate of drug-likeness (QED) is 0.819. The van der Waals surface area contributed by atoms with E-state index in [2.05, 4.69) is 39.1 Å². The minimum Gasteiger partial charge on any atom is -0.497 e. The smallest absolute Gasteiger partial charge is 0.122 e. The van der Waals surface area contributed by atoms with Gasteiger partial charge in [0.15, 0.2) is 0 Å². The number of hydrogen-bond acceptors (Lipinski definition) is 3. The number of ether oxygens (including phenoxy) is 2. The van der Waals surface area contributed by atoms with Crippen LogP contribution in [-0.2, 0) is 0 Å². The fraction of sp³-hybridized carbons (Fsp3) is 0.625. The molecule has 0 saturated carbocycles. The molecule has 108 valence electrons. The van der Waals surface area contributed by atoms with Gasteiger partial charge in [-0.25, -0.2) is 0 Å². The highest BCUT2D eigenvalue weighted by Gasteiger charge is 2.19. The van der Waals surface area contributed by atoms with Gasteiger partial charge in [0.25, 0.3) is 0 Å². The molecule has 3 nitrogen and oxygen atoms in total. The summed E-state index contributed by atoms with van der Waals surface area (Å²) in [5, 5.41) is 3.49. The first-order valence-corrected chi connectivity index (χ1v) is 6.94. The summed E-state index contributed by atoms with van der Waals surface area (Å²) in [6.45, 7) is 9.84. The van der Waals surface area contributed by atoms with Crippen LogP contribution in [0, 0.1) is 5.92 Å². The molecule has 0 amide bonds. The van der Waals surface area contributed by atoms with Crippen molar-refractivity contribution in [3.05, 3.63) is 23.8 Å². The minimum absolute atomic E-state index is 0.413. The molecule has 1 aromatic rings.